The van der Waals surface area contributed by atoms with Gasteiger partial charge in [-0.1, -0.05) is 34.6 Å². The summed E-state index contributed by atoms with van der Waals surface area (Å²) in [6.45, 7) is 9.46. The quantitative estimate of drug-likeness (QED) is 0.663. The molecule has 4 heteroatoms. The van der Waals surface area contributed by atoms with Crippen molar-refractivity contribution in [2.45, 2.75) is 40.3 Å². The van der Waals surface area contributed by atoms with E-state index in [0.29, 0.717) is 0 Å². The summed E-state index contributed by atoms with van der Waals surface area (Å²) in [7, 11) is -3.91. The van der Waals surface area contributed by atoms with Crippen molar-refractivity contribution >= 4 is 7.60 Å². The van der Waals surface area contributed by atoms with Crippen LogP contribution in [0.3, 0.4) is 0 Å². The Morgan fingerprint density at radius 2 is 1.50 bits per heavy atom. The van der Waals surface area contributed by atoms with E-state index >= 15 is 0 Å². The lowest BCUT2D eigenvalue weighted by Gasteiger charge is -2.32. The van der Waals surface area contributed by atoms with Gasteiger partial charge in [-0.2, -0.15) is 0 Å². The first-order chi connectivity index (χ1) is 5.07. The summed E-state index contributed by atoms with van der Waals surface area (Å²) < 4.78 is 10.9. The highest BCUT2D eigenvalue weighted by atomic mass is 31.2. The van der Waals surface area contributed by atoms with Crippen LogP contribution in [0.25, 0.3) is 0 Å². The number of hydrogen-bond acceptors (Lipinski definition) is 1. The van der Waals surface area contributed by atoms with Crippen molar-refractivity contribution in [1.82, 2.24) is 0 Å². The molecular weight excluding hydrogens is 175 g/mol. The van der Waals surface area contributed by atoms with E-state index in [-0.39, 0.29) is 11.3 Å². The summed E-state index contributed by atoms with van der Waals surface area (Å²) in [5, 5.41) is 0. The van der Waals surface area contributed by atoms with Crippen LogP contribution in [0.4, 0.5) is 0 Å². The van der Waals surface area contributed by atoms with Gasteiger partial charge >= 0.3 is 7.60 Å². The lowest BCUT2D eigenvalue weighted by atomic mass is 9.80. The van der Waals surface area contributed by atoms with Gasteiger partial charge in [0.2, 0.25) is 0 Å². The van der Waals surface area contributed by atoms with E-state index in [1.54, 1.807) is 6.92 Å². The Labute approximate surface area is 74.3 Å². The molecule has 0 fully saturated rings. The van der Waals surface area contributed by atoms with E-state index in [2.05, 4.69) is 0 Å². The Balaban J connectivity index is 4.52. The molecule has 0 radical (unpaired) electrons. The molecule has 2 unspecified atom stereocenters. The van der Waals surface area contributed by atoms with Crippen molar-refractivity contribution in [2.24, 2.45) is 11.3 Å². The summed E-state index contributed by atoms with van der Waals surface area (Å²) in [5.41, 5.74) is -0.613. The Bertz CT molecular complexity index is 189. The molecule has 0 heterocycles. The molecule has 0 aliphatic carbocycles. The van der Waals surface area contributed by atoms with Gasteiger partial charge < -0.3 is 9.79 Å². The van der Waals surface area contributed by atoms with E-state index in [0.717, 1.165) is 0 Å². The summed E-state index contributed by atoms with van der Waals surface area (Å²) in [6.07, 6.45) is 0. The van der Waals surface area contributed by atoms with Crippen LogP contribution >= 0.6 is 7.60 Å². The summed E-state index contributed by atoms with van der Waals surface area (Å²) >= 11 is 0. The molecule has 3 nitrogen and oxygen atoms in total. The van der Waals surface area contributed by atoms with E-state index in [4.69, 9.17) is 9.79 Å². The van der Waals surface area contributed by atoms with Crippen LogP contribution in [0.2, 0.25) is 0 Å². The Hall–Kier alpha value is 0.150. The molecule has 2 atom stereocenters. The topological polar surface area (TPSA) is 57.5 Å². The minimum absolute atomic E-state index is 0.0123. The molecule has 0 spiro atoms. The molecule has 0 amide bonds. The van der Waals surface area contributed by atoms with Crippen molar-refractivity contribution in [2.75, 3.05) is 0 Å². The van der Waals surface area contributed by atoms with Crippen molar-refractivity contribution in [3.8, 4) is 0 Å². The maximum atomic E-state index is 10.9. The molecule has 0 bridgehead atoms. The lowest BCUT2D eigenvalue weighted by Crippen LogP contribution is -2.27. The van der Waals surface area contributed by atoms with Gasteiger partial charge in [0, 0.05) is 0 Å². The van der Waals surface area contributed by atoms with Gasteiger partial charge in [0.15, 0.2) is 0 Å². The average Bonchev–Trinajstić information content (AvgIpc) is 1.80. The lowest BCUT2D eigenvalue weighted by molar-refractivity contribution is 0.234. The van der Waals surface area contributed by atoms with Crippen molar-refractivity contribution < 1.29 is 14.4 Å². The molecular formula is C8H19O3P. The van der Waals surface area contributed by atoms with Crippen molar-refractivity contribution in [1.29, 1.82) is 0 Å². The fraction of sp³-hybridized carbons (Fsp3) is 1.00. The second-order valence-electron chi connectivity index (χ2n) is 4.48. The molecule has 0 aromatic rings. The molecule has 0 saturated heterocycles. The average molecular weight is 194 g/mol. The van der Waals surface area contributed by atoms with E-state index in [1.165, 1.54) is 0 Å². The third kappa shape index (κ3) is 3.26. The van der Waals surface area contributed by atoms with Crippen LogP contribution in [0.1, 0.15) is 34.6 Å². The monoisotopic (exact) mass is 194 g/mol. The second-order valence-corrected chi connectivity index (χ2v) is 6.48. The van der Waals surface area contributed by atoms with Gasteiger partial charge in [-0.25, -0.2) is 0 Å². The zero-order valence-corrected chi connectivity index (χ0v) is 9.30. The molecule has 0 saturated carbocycles. The molecule has 0 aromatic heterocycles. The highest BCUT2D eigenvalue weighted by molar-refractivity contribution is 7.52. The van der Waals surface area contributed by atoms with Crippen LogP contribution in [0.5, 0.6) is 0 Å². The molecule has 74 valence electrons. The van der Waals surface area contributed by atoms with E-state index < -0.39 is 13.3 Å². The van der Waals surface area contributed by atoms with Gasteiger partial charge in [-0.05, 0) is 11.3 Å². The second kappa shape index (κ2) is 3.49. The fourth-order valence-corrected chi connectivity index (χ4v) is 2.04. The smallest absolute Gasteiger partial charge is 0.324 e. The first kappa shape index (κ1) is 12.2. The number of rotatable bonds is 2. The fourth-order valence-electron chi connectivity index (χ4n) is 1.01. The SMILES string of the molecule is CC(C(C)P(=O)(O)O)C(C)(C)C. The van der Waals surface area contributed by atoms with Crippen molar-refractivity contribution in [3.05, 3.63) is 0 Å². The van der Waals surface area contributed by atoms with E-state index in [1.807, 2.05) is 27.7 Å². The number of hydrogen-bond donors (Lipinski definition) is 2. The van der Waals surface area contributed by atoms with Gasteiger partial charge in [0.25, 0.3) is 0 Å². The minimum atomic E-state index is -3.91. The maximum absolute atomic E-state index is 10.9. The third-order valence-corrected chi connectivity index (χ3v) is 4.13. The zero-order valence-electron chi connectivity index (χ0n) is 8.40. The van der Waals surface area contributed by atoms with Crippen LogP contribution in [0, 0.1) is 11.3 Å². The van der Waals surface area contributed by atoms with Gasteiger partial charge in [-0.15, -0.1) is 0 Å². The highest BCUT2D eigenvalue weighted by Gasteiger charge is 2.35. The van der Waals surface area contributed by atoms with Gasteiger partial charge in [0.05, 0.1) is 5.66 Å². The zero-order chi connectivity index (χ0) is 10.2. The first-order valence-corrected chi connectivity index (χ1v) is 5.80. The normalized spacial score (nSPS) is 18.9. The summed E-state index contributed by atoms with van der Waals surface area (Å²) in [6, 6.07) is 0. The Kier molecular flexibility index (Phi) is 3.53. The molecule has 12 heavy (non-hydrogen) atoms. The third-order valence-electron chi connectivity index (χ3n) is 2.62. The Morgan fingerprint density at radius 3 is 1.58 bits per heavy atom. The van der Waals surface area contributed by atoms with Crippen molar-refractivity contribution in [3.63, 3.8) is 0 Å². The molecule has 0 aromatic carbocycles. The predicted molar refractivity (Wildman–Crippen MR) is 50.1 cm³/mol. The highest BCUT2D eigenvalue weighted by Crippen LogP contribution is 2.48. The van der Waals surface area contributed by atoms with Crippen LogP contribution in [-0.4, -0.2) is 15.4 Å². The van der Waals surface area contributed by atoms with Gasteiger partial charge in [-0.3, -0.25) is 4.57 Å². The summed E-state index contributed by atoms with van der Waals surface area (Å²) in [4.78, 5) is 17.9. The van der Waals surface area contributed by atoms with E-state index in [9.17, 15) is 4.57 Å². The molecule has 0 aliphatic rings. The Morgan fingerprint density at radius 1 is 1.17 bits per heavy atom. The largest absolute Gasteiger partial charge is 0.328 e. The molecule has 0 rings (SSSR count). The van der Waals surface area contributed by atoms with Gasteiger partial charge in [0.1, 0.15) is 0 Å². The minimum Gasteiger partial charge on any atom is -0.324 e. The van der Waals surface area contributed by atoms with Crippen LogP contribution in [0.15, 0.2) is 0 Å². The standard InChI is InChI=1S/C8H19O3P/c1-6(8(3,4)5)7(2)12(9,10)11/h6-7H,1-5H3,(H2,9,10,11). The maximum Gasteiger partial charge on any atom is 0.328 e. The van der Waals surface area contributed by atoms with Crippen LogP contribution in [-0.2, 0) is 4.57 Å². The molecule has 2 N–H and O–H groups in total. The molecule has 0 aliphatic heterocycles. The predicted octanol–water partition coefficient (Wildman–Crippen LogP) is 2.23. The van der Waals surface area contributed by atoms with Crippen LogP contribution < -0.4 is 0 Å². The first-order valence-electron chi connectivity index (χ1n) is 4.12. The summed E-state index contributed by atoms with van der Waals surface area (Å²) in [5.74, 6) is 0.0123.